The summed E-state index contributed by atoms with van der Waals surface area (Å²) in [6, 6.07) is 2.05. The first-order chi connectivity index (χ1) is 8.58. The SMILES string of the molecule is CCC(N)(CC)CNC(=O)c1cc2c(s1)CCC2.Cl. The molecule has 1 aliphatic carbocycles. The van der Waals surface area contributed by atoms with Crippen LogP contribution in [0.3, 0.4) is 0 Å². The normalized spacial score (nSPS) is 13.8. The first kappa shape index (κ1) is 16.5. The van der Waals surface area contributed by atoms with E-state index >= 15 is 0 Å². The van der Waals surface area contributed by atoms with Gasteiger partial charge in [-0.1, -0.05) is 13.8 Å². The molecule has 19 heavy (non-hydrogen) atoms. The Morgan fingerprint density at radius 2 is 2.11 bits per heavy atom. The molecule has 0 spiro atoms. The van der Waals surface area contributed by atoms with Gasteiger partial charge >= 0.3 is 0 Å². The molecule has 0 saturated heterocycles. The molecular formula is C14H23ClN2OS. The first-order valence-corrected chi connectivity index (χ1v) is 7.58. The number of amides is 1. The number of carbonyl (C=O) groups excluding carboxylic acids is 1. The van der Waals surface area contributed by atoms with Gasteiger partial charge < -0.3 is 11.1 Å². The molecule has 1 aromatic rings. The van der Waals surface area contributed by atoms with E-state index in [0.29, 0.717) is 6.54 Å². The third-order valence-electron chi connectivity index (χ3n) is 3.98. The van der Waals surface area contributed by atoms with Crippen LogP contribution in [0.25, 0.3) is 0 Å². The minimum atomic E-state index is -0.268. The van der Waals surface area contributed by atoms with E-state index in [1.54, 1.807) is 11.3 Å². The van der Waals surface area contributed by atoms with Crippen LogP contribution in [0.1, 0.15) is 53.2 Å². The van der Waals surface area contributed by atoms with Gasteiger partial charge in [0.05, 0.1) is 4.88 Å². The molecule has 1 aromatic heterocycles. The van der Waals surface area contributed by atoms with Gasteiger partial charge in [0.1, 0.15) is 0 Å². The molecular weight excluding hydrogens is 280 g/mol. The number of rotatable bonds is 5. The van der Waals surface area contributed by atoms with Gasteiger partial charge in [-0.25, -0.2) is 0 Å². The molecule has 2 rings (SSSR count). The van der Waals surface area contributed by atoms with E-state index in [2.05, 4.69) is 25.2 Å². The van der Waals surface area contributed by atoms with Crippen molar-refractivity contribution in [2.24, 2.45) is 5.73 Å². The summed E-state index contributed by atoms with van der Waals surface area (Å²) in [6.07, 6.45) is 5.26. The number of halogens is 1. The van der Waals surface area contributed by atoms with Crippen LogP contribution in [0.2, 0.25) is 0 Å². The molecule has 0 fully saturated rings. The number of thiophene rings is 1. The van der Waals surface area contributed by atoms with Crippen molar-refractivity contribution < 1.29 is 4.79 Å². The highest BCUT2D eigenvalue weighted by Crippen LogP contribution is 2.30. The number of nitrogens with two attached hydrogens (primary N) is 1. The van der Waals surface area contributed by atoms with Crippen LogP contribution >= 0.6 is 23.7 Å². The summed E-state index contributed by atoms with van der Waals surface area (Å²) in [5, 5.41) is 2.98. The first-order valence-electron chi connectivity index (χ1n) is 6.76. The number of hydrogen-bond acceptors (Lipinski definition) is 3. The molecule has 0 aliphatic heterocycles. The Kier molecular flexibility index (Phi) is 5.83. The van der Waals surface area contributed by atoms with E-state index in [9.17, 15) is 4.79 Å². The second-order valence-corrected chi connectivity index (χ2v) is 6.30. The van der Waals surface area contributed by atoms with Crippen LogP contribution in [-0.4, -0.2) is 18.0 Å². The minimum absolute atomic E-state index is 0. The van der Waals surface area contributed by atoms with E-state index in [-0.39, 0.29) is 23.9 Å². The Morgan fingerprint density at radius 3 is 2.68 bits per heavy atom. The number of nitrogens with one attached hydrogen (secondary N) is 1. The average Bonchev–Trinajstić information content (AvgIpc) is 2.96. The number of fused-ring (bicyclic) bond motifs is 1. The number of aryl methyl sites for hydroxylation is 2. The highest BCUT2D eigenvalue weighted by atomic mass is 35.5. The molecule has 3 N–H and O–H groups in total. The zero-order valence-electron chi connectivity index (χ0n) is 11.6. The molecule has 5 heteroatoms. The maximum atomic E-state index is 12.1. The quantitative estimate of drug-likeness (QED) is 0.878. The van der Waals surface area contributed by atoms with Gasteiger partial charge in [-0.15, -0.1) is 23.7 Å². The summed E-state index contributed by atoms with van der Waals surface area (Å²) < 4.78 is 0. The lowest BCUT2D eigenvalue weighted by Crippen LogP contribution is -2.49. The van der Waals surface area contributed by atoms with Gasteiger partial charge in [-0.05, 0) is 43.7 Å². The molecule has 0 radical (unpaired) electrons. The predicted molar refractivity (Wildman–Crippen MR) is 83.4 cm³/mol. The Hall–Kier alpha value is -0.580. The van der Waals surface area contributed by atoms with Crippen molar-refractivity contribution in [3.63, 3.8) is 0 Å². The molecule has 0 saturated carbocycles. The second kappa shape index (κ2) is 6.73. The van der Waals surface area contributed by atoms with E-state index in [0.717, 1.165) is 30.6 Å². The molecule has 1 aliphatic rings. The minimum Gasteiger partial charge on any atom is -0.349 e. The third-order valence-corrected chi connectivity index (χ3v) is 5.22. The lowest BCUT2D eigenvalue weighted by molar-refractivity contribution is 0.0946. The molecule has 1 heterocycles. The molecule has 0 unspecified atom stereocenters. The van der Waals surface area contributed by atoms with E-state index < -0.39 is 0 Å². The monoisotopic (exact) mass is 302 g/mol. The van der Waals surface area contributed by atoms with Crippen LogP contribution in [0.5, 0.6) is 0 Å². The number of hydrogen-bond donors (Lipinski definition) is 2. The van der Waals surface area contributed by atoms with Gasteiger partial charge in [0.2, 0.25) is 0 Å². The summed E-state index contributed by atoms with van der Waals surface area (Å²) in [6.45, 7) is 4.69. The lowest BCUT2D eigenvalue weighted by Gasteiger charge is -2.26. The van der Waals surface area contributed by atoms with Crippen molar-refractivity contribution in [3.8, 4) is 0 Å². The van der Waals surface area contributed by atoms with E-state index in [1.807, 2.05) is 0 Å². The van der Waals surface area contributed by atoms with Gasteiger partial charge in [0.15, 0.2) is 0 Å². The highest BCUT2D eigenvalue weighted by molar-refractivity contribution is 7.14. The summed E-state index contributed by atoms with van der Waals surface area (Å²) in [7, 11) is 0. The standard InChI is InChI=1S/C14H22N2OS.ClH/c1-3-14(15,4-2)9-16-13(17)12-8-10-6-5-7-11(10)18-12;/h8H,3-7,9,15H2,1-2H3,(H,16,17);1H. The summed E-state index contributed by atoms with van der Waals surface area (Å²) in [4.78, 5) is 14.3. The van der Waals surface area contributed by atoms with Gasteiger partial charge in [-0.3, -0.25) is 4.79 Å². The topological polar surface area (TPSA) is 55.1 Å². The van der Waals surface area contributed by atoms with Crippen molar-refractivity contribution in [1.29, 1.82) is 0 Å². The van der Waals surface area contributed by atoms with Gasteiger partial charge in [-0.2, -0.15) is 0 Å². The van der Waals surface area contributed by atoms with E-state index in [4.69, 9.17) is 5.73 Å². The Balaban J connectivity index is 0.00000180. The molecule has 1 amide bonds. The molecule has 0 bridgehead atoms. The number of carbonyl (C=O) groups is 1. The molecule has 108 valence electrons. The van der Waals surface area contributed by atoms with Crippen molar-refractivity contribution in [1.82, 2.24) is 5.32 Å². The largest absolute Gasteiger partial charge is 0.349 e. The molecule has 0 atom stereocenters. The van der Waals surface area contributed by atoms with Crippen molar-refractivity contribution in [3.05, 3.63) is 21.4 Å². The summed E-state index contributed by atoms with van der Waals surface area (Å²) in [5.74, 6) is 0.0334. The van der Waals surface area contributed by atoms with Crippen LogP contribution < -0.4 is 11.1 Å². The molecule has 0 aromatic carbocycles. The van der Waals surface area contributed by atoms with Crippen LogP contribution in [-0.2, 0) is 12.8 Å². The fraction of sp³-hybridized carbons (Fsp3) is 0.643. The Morgan fingerprint density at radius 1 is 1.42 bits per heavy atom. The smallest absolute Gasteiger partial charge is 0.261 e. The molecule has 3 nitrogen and oxygen atoms in total. The van der Waals surface area contributed by atoms with Crippen molar-refractivity contribution in [2.45, 2.75) is 51.5 Å². The van der Waals surface area contributed by atoms with Crippen LogP contribution in [0.15, 0.2) is 6.07 Å². The van der Waals surface area contributed by atoms with Crippen LogP contribution in [0, 0.1) is 0 Å². The Bertz CT molecular complexity index is 419. The fourth-order valence-corrected chi connectivity index (χ4v) is 3.45. The maximum Gasteiger partial charge on any atom is 0.261 e. The summed E-state index contributed by atoms with van der Waals surface area (Å²) in [5.41, 5.74) is 7.29. The second-order valence-electron chi connectivity index (χ2n) is 5.16. The maximum absolute atomic E-state index is 12.1. The van der Waals surface area contributed by atoms with Gasteiger partial charge in [0, 0.05) is 17.0 Å². The third kappa shape index (κ3) is 3.71. The zero-order valence-corrected chi connectivity index (χ0v) is 13.3. The lowest BCUT2D eigenvalue weighted by atomic mass is 9.94. The Labute approximate surface area is 125 Å². The zero-order chi connectivity index (χ0) is 13.2. The average molecular weight is 303 g/mol. The van der Waals surface area contributed by atoms with Crippen LogP contribution in [0.4, 0.5) is 0 Å². The highest BCUT2D eigenvalue weighted by Gasteiger charge is 2.23. The van der Waals surface area contributed by atoms with Crippen molar-refractivity contribution in [2.75, 3.05) is 6.54 Å². The fourth-order valence-electron chi connectivity index (χ4n) is 2.28. The van der Waals surface area contributed by atoms with Crippen molar-refractivity contribution >= 4 is 29.7 Å². The summed E-state index contributed by atoms with van der Waals surface area (Å²) >= 11 is 1.64. The van der Waals surface area contributed by atoms with E-state index in [1.165, 1.54) is 16.9 Å². The predicted octanol–water partition coefficient (Wildman–Crippen LogP) is 2.91. The van der Waals surface area contributed by atoms with Gasteiger partial charge in [0.25, 0.3) is 5.91 Å².